The van der Waals surface area contributed by atoms with Gasteiger partial charge in [-0.2, -0.15) is 0 Å². The molecule has 9 nitrogen and oxygen atoms in total. The number of aliphatic carboxylic acids is 1. The Bertz CT molecular complexity index is 1540. The SMILES string of the molecule is CN/C=C(\N)CN1C(CN2CCC(c3cccc4c3OC(C)(c3ccc(C)cc3F)O4)CC2)=NC2C=CC(C(=O)O)=CC21. The smallest absolute Gasteiger partial charge is 0.335 e. The zero-order valence-electron chi connectivity index (χ0n) is 24.7. The van der Waals surface area contributed by atoms with E-state index in [0.29, 0.717) is 35.8 Å². The van der Waals surface area contributed by atoms with Crippen LogP contribution in [0.2, 0.25) is 0 Å². The monoisotopic (exact) mass is 587 g/mol. The second kappa shape index (κ2) is 11.4. The molecule has 0 radical (unpaired) electrons. The first kappa shape index (κ1) is 28.8. The molecule has 43 heavy (non-hydrogen) atoms. The van der Waals surface area contributed by atoms with Gasteiger partial charge in [0.25, 0.3) is 5.79 Å². The van der Waals surface area contributed by atoms with Crippen LogP contribution in [-0.4, -0.2) is 72.0 Å². The summed E-state index contributed by atoms with van der Waals surface area (Å²) in [6.07, 6.45) is 8.86. The normalized spacial score (nSPS) is 25.4. The minimum atomic E-state index is -1.23. The lowest BCUT2D eigenvalue weighted by Crippen LogP contribution is -2.46. The first-order valence-corrected chi connectivity index (χ1v) is 14.7. The van der Waals surface area contributed by atoms with Crippen molar-refractivity contribution in [1.29, 1.82) is 0 Å². The number of likely N-dealkylation sites (tertiary alicyclic amines) is 1. The van der Waals surface area contributed by atoms with E-state index in [0.717, 1.165) is 42.9 Å². The molecule has 1 fully saturated rings. The number of aryl methyl sites for hydroxylation is 1. The number of aliphatic imine (C=N–C) groups is 1. The maximum atomic E-state index is 14.9. The number of ether oxygens (including phenoxy) is 2. The van der Waals surface area contributed by atoms with Gasteiger partial charge in [-0.3, -0.25) is 9.89 Å². The number of benzene rings is 2. The molecule has 3 unspecified atom stereocenters. The number of para-hydroxylation sites is 1. The van der Waals surface area contributed by atoms with E-state index in [9.17, 15) is 14.3 Å². The van der Waals surface area contributed by atoms with Gasteiger partial charge < -0.3 is 30.5 Å². The highest BCUT2D eigenvalue weighted by molar-refractivity contribution is 5.92. The number of hydrogen-bond donors (Lipinski definition) is 3. The van der Waals surface area contributed by atoms with Crippen molar-refractivity contribution in [2.45, 2.75) is 50.5 Å². The lowest BCUT2D eigenvalue weighted by atomic mass is 9.88. The number of halogens is 1. The maximum Gasteiger partial charge on any atom is 0.335 e. The molecule has 0 saturated carbocycles. The average Bonchev–Trinajstić information content (AvgIpc) is 3.50. The van der Waals surface area contributed by atoms with Crippen LogP contribution in [0.25, 0.3) is 0 Å². The van der Waals surface area contributed by atoms with Gasteiger partial charge in [0.15, 0.2) is 11.5 Å². The van der Waals surface area contributed by atoms with Gasteiger partial charge in [0.2, 0.25) is 0 Å². The molecule has 0 spiro atoms. The van der Waals surface area contributed by atoms with Crippen LogP contribution in [0.5, 0.6) is 11.5 Å². The van der Waals surface area contributed by atoms with Gasteiger partial charge in [0, 0.05) is 31.4 Å². The van der Waals surface area contributed by atoms with Crippen molar-refractivity contribution < 1.29 is 23.8 Å². The Morgan fingerprint density at radius 3 is 2.77 bits per heavy atom. The Balaban J connectivity index is 1.15. The van der Waals surface area contributed by atoms with Gasteiger partial charge in [-0.1, -0.05) is 24.3 Å². The van der Waals surface area contributed by atoms with Crippen LogP contribution in [-0.2, 0) is 10.6 Å². The predicted molar refractivity (Wildman–Crippen MR) is 163 cm³/mol. The highest BCUT2D eigenvalue weighted by Gasteiger charge is 2.43. The van der Waals surface area contributed by atoms with Crippen molar-refractivity contribution in [2.75, 3.05) is 33.2 Å². The summed E-state index contributed by atoms with van der Waals surface area (Å²) in [5.41, 5.74) is 9.48. The summed E-state index contributed by atoms with van der Waals surface area (Å²) in [5, 5.41) is 12.5. The fraction of sp³-hybridized carbons (Fsp3) is 0.394. The van der Waals surface area contributed by atoms with Crippen molar-refractivity contribution in [3.05, 3.63) is 94.6 Å². The topological polar surface area (TPSA) is 113 Å². The molecule has 1 saturated heterocycles. The Kier molecular flexibility index (Phi) is 7.64. The van der Waals surface area contributed by atoms with E-state index in [1.165, 1.54) is 6.07 Å². The van der Waals surface area contributed by atoms with Gasteiger partial charge >= 0.3 is 5.97 Å². The zero-order chi connectivity index (χ0) is 30.3. The molecule has 0 bridgehead atoms. The third kappa shape index (κ3) is 5.59. The first-order chi connectivity index (χ1) is 20.6. The number of nitrogens with zero attached hydrogens (tertiary/aromatic N) is 3. The average molecular weight is 588 g/mol. The van der Waals surface area contributed by atoms with Crippen LogP contribution in [0.3, 0.4) is 0 Å². The van der Waals surface area contributed by atoms with E-state index in [-0.39, 0.29) is 29.4 Å². The highest BCUT2D eigenvalue weighted by atomic mass is 19.1. The molecule has 0 aromatic heterocycles. The second-order valence-corrected chi connectivity index (χ2v) is 11.8. The minimum absolute atomic E-state index is 0.144. The van der Waals surface area contributed by atoms with E-state index in [1.54, 1.807) is 38.4 Å². The van der Waals surface area contributed by atoms with E-state index in [4.69, 9.17) is 20.2 Å². The Morgan fingerprint density at radius 2 is 2.05 bits per heavy atom. The van der Waals surface area contributed by atoms with Crippen LogP contribution in [0.4, 0.5) is 4.39 Å². The van der Waals surface area contributed by atoms with Gasteiger partial charge in [0.1, 0.15) is 11.7 Å². The van der Waals surface area contributed by atoms with E-state index < -0.39 is 11.8 Å². The fourth-order valence-electron chi connectivity index (χ4n) is 6.53. The van der Waals surface area contributed by atoms with E-state index in [2.05, 4.69) is 21.2 Å². The van der Waals surface area contributed by atoms with Crippen LogP contribution in [0, 0.1) is 12.7 Å². The van der Waals surface area contributed by atoms with Gasteiger partial charge in [-0.15, -0.1) is 0 Å². The third-order valence-corrected chi connectivity index (χ3v) is 8.71. The molecule has 2 aromatic rings. The number of amidine groups is 1. The van der Waals surface area contributed by atoms with Gasteiger partial charge in [-0.25, -0.2) is 9.18 Å². The summed E-state index contributed by atoms with van der Waals surface area (Å²) in [5.74, 6) is -0.0279. The van der Waals surface area contributed by atoms with Gasteiger partial charge in [-0.05, 0) is 74.7 Å². The predicted octanol–water partition coefficient (Wildman–Crippen LogP) is 4.01. The Hall–Kier alpha value is -4.31. The maximum absolute atomic E-state index is 14.9. The summed E-state index contributed by atoms with van der Waals surface area (Å²) in [7, 11) is 1.80. The Morgan fingerprint density at radius 1 is 1.26 bits per heavy atom. The Labute approximate surface area is 251 Å². The molecule has 4 N–H and O–H groups in total. The summed E-state index contributed by atoms with van der Waals surface area (Å²) >= 11 is 0. The van der Waals surface area contributed by atoms with Crippen molar-refractivity contribution in [1.82, 2.24) is 15.1 Å². The number of carbonyl (C=O) groups is 1. The lowest BCUT2D eigenvalue weighted by Gasteiger charge is -2.35. The summed E-state index contributed by atoms with van der Waals surface area (Å²) in [4.78, 5) is 21.1. The number of fused-ring (bicyclic) bond motifs is 2. The number of carboxylic acids is 1. The summed E-state index contributed by atoms with van der Waals surface area (Å²) < 4.78 is 27.5. The molecule has 6 rings (SSSR count). The van der Waals surface area contributed by atoms with Crippen LogP contribution in [0.15, 0.2) is 77.1 Å². The largest absolute Gasteiger partial charge is 0.478 e. The van der Waals surface area contributed by atoms with Crippen molar-refractivity contribution in [3.63, 3.8) is 0 Å². The van der Waals surface area contributed by atoms with E-state index >= 15 is 0 Å². The molecule has 226 valence electrons. The number of carboxylic acid groups (broad SMARTS) is 1. The molecule has 3 heterocycles. The minimum Gasteiger partial charge on any atom is -0.478 e. The third-order valence-electron chi connectivity index (χ3n) is 8.71. The van der Waals surface area contributed by atoms with Crippen molar-refractivity contribution >= 4 is 11.8 Å². The fourth-order valence-corrected chi connectivity index (χ4v) is 6.53. The molecule has 3 aliphatic heterocycles. The van der Waals surface area contributed by atoms with Gasteiger partial charge in [0.05, 0.1) is 36.3 Å². The van der Waals surface area contributed by atoms with Crippen molar-refractivity contribution in [2.24, 2.45) is 10.7 Å². The van der Waals surface area contributed by atoms with Crippen molar-refractivity contribution in [3.8, 4) is 11.5 Å². The zero-order valence-corrected chi connectivity index (χ0v) is 24.7. The number of hydrogen-bond acceptors (Lipinski definition) is 8. The summed E-state index contributed by atoms with van der Waals surface area (Å²) in [6, 6.07) is 10.7. The molecule has 3 atom stereocenters. The first-order valence-electron chi connectivity index (χ1n) is 14.7. The lowest BCUT2D eigenvalue weighted by molar-refractivity contribution is -0.132. The molecule has 2 aromatic carbocycles. The van der Waals surface area contributed by atoms with Crippen LogP contribution >= 0.6 is 0 Å². The number of rotatable bonds is 8. The molecule has 1 aliphatic carbocycles. The molecule has 0 amide bonds. The molecule has 10 heteroatoms. The standard InChI is InChI=1S/C33H38FN5O4/c1-20-7-9-25(26(34)15-20)33(2)42-29-6-4-5-24(31(29)43-33)21-11-13-38(14-12-21)19-30-37-27-10-8-22(32(40)41)16-28(27)39(30)18-23(35)17-36-3/h4-10,15-17,21,27-28,36H,11-14,18-19,35H2,1-3H3,(H,40,41)/b23-17-. The molecule has 4 aliphatic rings. The molecular formula is C33H38FN5O4. The second-order valence-electron chi connectivity index (χ2n) is 11.8. The van der Waals surface area contributed by atoms with Crippen LogP contribution in [0.1, 0.15) is 42.4 Å². The highest BCUT2D eigenvalue weighted by Crippen LogP contribution is 2.49. The molecular weight excluding hydrogens is 549 g/mol. The number of piperidine rings is 1. The number of nitrogens with one attached hydrogen (secondary N) is 1. The van der Waals surface area contributed by atoms with E-state index in [1.807, 2.05) is 31.2 Å². The number of nitrogens with two attached hydrogens (primary N) is 1. The summed E-state index contributed by atoms with van der Waals surface area (Å²) in [6.45, 7) is 6.43. The quantitative estimate of drug-likeness (QED) is 0.425. The van der Waals surface area contributed by atoms with Crippen LogP contribution < -0.4 is 20.5 Å².